The van der Waals surface area contributed by atoms with E-state index in [0.717, 1.165) is 11.6 Å². The van der Waals surface area contributed by atoms with Crippen LogP contribution >= 0.6 is 0 Å². The summed E-state index contributed by atoms with van der Waals surface area (Å²) in [7, 11) is 5.75. The Morgan fingerprint density at radius 2 is 2.00 bits per heavy atom. The van der Waals surface area contributed by atoms with Gasteiger partial charge >= 0.3 is 6.18 Å². The lowest BCUT2D eigenvalue weighted by Gasteiger charge is -2.13. The van der Waals surface area contributed by atoms with Gasteiger partial charge in [0.25, 0.3) is 0 Å². The van der Waals surface area contributed by atoms with E-state index in [1.807, 2.05) is 30.6 Å². The van der Waals surface area contributed by atoms with Crippen molar-refractivity contribution in [2.24, 2.45) is 7.05 Å². The molecule has 0 spiro atoms. The third-order valence-corrected chi connectivity index (χ3v) is 2.83. The predicted octanol–water partition coefficient (Wildman–Crippen LogP) is 2.31. The zero-order chi connectivity index (χ0) is 14.5. The zero-order valence-corrected chi connectivity index (χ0v) is 11.6. The molecule has 19 heavy (non-hydrogen) atoms. The summed E-state index contributed by atoms with van der Waals surface area (Å²) in [6.07, 6.45) is -2.27. The number of rotatable bonds is 7. The van der Waals surface area contributed by atoms with Gasteiger partial charge in [-0.15, -0.1) is 0 Å². The molecule has 1 N–H and O–H groups in total. The number of aromatic nitrogens is 2. The predicted molar refractivity (Wildman–Crippen MR) is 69.1 cm³/mol. The van der Waals surface area contributed by atoms with Crippen LogP contribution in [0.3, 0.4) is 0 Å². The van der Waals surface area contributed by atoms with Gasteiger partial charge in [-0.2, -0.15) is 13.2 Å². The highest BCUT2D eigenvalue weighted by Gasteiger charge is 2.25. The summed E-state index contributed by atoms with van der Waals surface area (Å²) in [4.78, 5) is 6.17. The number of hydrogen-bond acceptors (Lipinski definition) is 3. The van der Waals surface area contributed by atoms with Crippen LogP contribution in [0.2, 0.25) is 0 Å². The lowest BCUT2D eigenvalue weighted by Crippen LogP contribution is -2.19. The average molecular weight is 278 g/mol. The fourth-order valence-electron chi connectivity index (χ4n) is 1.81. The standard InChI is InChI=1S/C12H21F3N4/c1-18(2)11-17-9-10(19(11)3)8-16-7-5-4-6-12(13,14)15/h9,16H,4-8H2,1-3H3. The van der Waals surface area contributed by atoms with Crippen LogP contribution in [0.5, 0.6) is 0 Å². The highest BCUT2D eigenvalue weighted by molar-refractivity contribution is 5.30. The summed E-state index contributed by atoms with van der Waals surface area (Å²) >= 11 is 0. The van der Waals surface area contributed by atoms with Gasteiger partial charge in [0.15, 0.2) is 0 Å². The largest absolute Gasteiger partial charge is 0.389 e. The average Bonchev–Trinajstić information content (AvgIpc) is 2.64. The summed E-state index contributed by atoms with van der Waals surface area (Å²) in [5.74, 6) is 0.855. The summed E-state index contributed by atoms with van der Waals surface area (Å²) in [5.41, 5.74) is 1.01. The minimum absolute atomic E-state index is 0.171. The first-order chi connectivity index (χ1) is 8.81. The molecule has 1 rings (SSSR count). The summed E-state index contributed by atoms with van der Waals surface area (Å²) in [6.45, 7) is 1.20. The number of nitrogens with zero attached hydrogens (tertiary/aromatic N) is 3. The van der Waals surface area contributed by atoms with Crippen molar-refractivity contribution in [3.63, 3.8) is 0 Å². The molecule has 0 radical (unpaired) electrons. The minimum atomic E-state index is -4.04. The Morgan fingerprint density at radius 1 is 1.32 bits per heavy atom. The Balaban J connectivity index is 2.23. The molecule has 1 heterocycles. The Kier molecular flexibility index (Phi) is 5.65. The van der Waals surface area contributed by atoms with Crippen molar-refractivity contribution in [2.45, 2.75) is 32.0 Å². The number of halogens is 3. The van der Waals surface area contributed by atoms with E-state index >= 15 is 0 Å². The molecule has 0 aliphatic heterocycles. The van der Waals surface area contributed by atoms with Crippen LogP contribution in [0.25, 0.3) is 0 Å². The Morgan fingerprint density at radius 3 is 2.53 bits per heavy atom. The molecule has 0 saturated heterocycles. The molecule has 0 amide bonds. The van der Waals surface area contributed by atoms with E-state index in [1.54, 1.807) is 6.20 Å². The molecule has 1 aromatic rings. The maximum absolute atomic E-state index is 11.9. The molecule has 0 aromatic carbocycles. The van der Waals surface area contributed by atoms with Crippen molar-refractivity contribution < 1.29 is 13.2 Å². The molecule has 110 valence electrons. The van der Waals surface area contributed by atoms with Crippen LogP contribution < -0.4 is 10.2 Å². The van der Waals surface area contributed by atoms with Crippen molar-refractivity contribution in [1.29, 1.82) is 0 Å². The lowest BCUT2D eigenvalue weighted by atomic mass is 10.2. The van der Waals surface area contributed by atoms with Gasteiger partial charge in [0, 0.05) is 34.1 Å². The van der Waals surface area contributed by atoms with Crippen molar-refractivity contribution in [3.8, 4) is 0 Å². The highest BCUT2D eigenvalue weighted by Crippen LogP contribution is 2.21. The van der Waals surface area contributed by atoms with Gasteiger partial charge in [0.1, 0.15) is 0 Å². The topological polar surface area (TPSA) is 33.1 Å². The van der Waals surface area contributed by atoms with E-state index in [1.165, 1.54) is 0 Å². The maximum atomic E-state index is 11.9. The second kappa shape index (κ2) is 6.79. The molecule has 7 heteroatoms. The molecule has 0 unspecified atom stereocenters. The minimum Gasteiger partial charge on any atom is -0.348 e. The third kappa shape index (κ3) is 5.50. The first-order valence-corrected chi connectivity index (χ1v) is 6.26. The summed E-state index contributed by atoms with van der Waals surface area (Å²) in [6, 6.07) is 0. The lowest BCUT2D eigenvalue weighted by molar-refractivity contribution is -0.135. The smallest absolute Gasteiger partial charge is 0.348 e. The van der Waals surface area contributed by atoms with E-state index in [-0.39, 0.29) is 6.42 Å². The molecule has 0 aliphatic carbocycles. The van der Waals surface area contributed by atoms with Gasteiger partial charge in [0.2, 0.25) is 5.95 Å². The molecular weight excluding hydrogens is 257 g/mol. The second-order valence-corrected chi connectivity index (χ2v) is 4.75. The van der Waals surface area contributed by atoms with Crippen LogP contribution in [0, 0.1) is 0 Å². The van der Waals surface area contributed by atoms with E-state index < -0.39 is 12.6 Å². The van der Waals surface area contributed by atoms with E-state index in [9.17, 15) is 13.2 Å². The van der Waals surface area contributed by atoms with Gasteiger partial charge in [-0.25, -0.2) is 4.98 Å². The normalized spacial score (nSPS) is 11.9. The summed E-state index contributed by atoms with van der Waals surface area (Å²) < 4.78 is 37.7. The molecule has 0 bridgehead atoms. The molecule has 0 fully saturated rings. The monoisotopic (exact) mass is 278 g/mol. The van der Waals surface area contributed by atoms with Crippen LogP contribution in [0.15, 0.2) is 6.20 Å². The van der Waals surface area contributed by atoms with Crippen molar-refractivity contribution in [2.75, 3.05) is 25.5 Å². The van der Waals surface area contributed by atoms with E-state index in [4.69, 9.17) is 0 Å². The number of unbranched alkanes of at least 4 members (excludes halogenated alkanes) is 1. The van der Waals surface area contributed by atoms with Gasteiger partial charge in [-0.3, -0.25) is 0 Å². The molecule has 0 saturated carbocycles. The van der Waals surface area contributed by atoms with Gasteiger partial charge in [0.05, 0.1) is 11.9 Å². The van der Waals surface area contributed by atoms with Crippen LogP contribution in [-0.4, -0.2) is 36.4 Å². The second-order valence-electron chi connectivity index (χ2n) is 4.75. The van der Waals surface area contributed by atoms with Crippen molar-refractivity contribution >= 4 is 5.95 Å². The van der Waals surface area contributed by atoms with E-state index in [2.05, 4.69) is 10.3 Å². The van der Waals surface area contributed by atoms with Crippen molar-refractivity contribution in [1.82, 2.24) is 14.9 Å². The van der Waals surface area contributed by atoms with Gasteiger partial charge in [-0.1, -0.05) is 0 Å². The molecule has 0 atom stereocenters. The van der Waals surface area contributed by atoms with E-state index in [0.29, 0.717) is 19.5 Å². The molecular formula is C12H21F3N4. The summed E-state index contributed by atoms with van der Waals surface area (Å²) in [5, 5.41) is 3.13. The number of anilines is 1. The maximum Gasteiger partial charge on any atom is 0.389 e. The zero-order valence-electron chi connectivity index (χ0n) is 11.6. The molecule has 0 aliphatic rings. The number of imidazole rings is 1. The van der Waals surface area contributed by atoms with Gasteiger partial charge < -0.3 is 14.8 Å². The fourth-order valence-corrected chi connectivity index (χ4v) is 1.81. The van der Waals surface area contributed by atoms with Gasteiger partial charge in [-0.05, 0) is 19.4 Å². The Bertz CT molecular complexity index is 385. The quantitative estimate of drug-likeness (QED) is 0.777. The number of nitrogens with one attached hydrogen (secondary N) is 1. The van der Waals surface area contributed by atoms with Crippen LogP contribution in [0.4, 0.5) is 19.1 Å². The number of hydrogen-bond donors (Lipinski definition) is 1. The number of alkyl halides is 3. The van der Waals surface area contributed by atoms with Crippen LogP contribution in [0.1, 0.15) is 25.0 Å². The van der Waals surface area contributed by atoms with Crippen LogP contribution in [-0.2, 0) is 13.6 Å². The molecule has 4 nitrogen and oxygen atoms in total. The SMILES string of the molecule is CN(C)c1ncc(CNCCCCC(F)(F)F)n1C. The first kappa shape index (κ1) is 15.8. The third-order valence-electron chi connectivity index (χ3n) is 2.83. The first-order valence-electron chi connectivity index (χ1n) is 6.26. The van der Waals surface area contributed by atoms with Crippen molar-refractivity contribution in [3.05, 3.63) is 11.9 Å². The Labute approximate surface area is 111 Å². The molecule has 1 aromatic heterocycles. The Hall–Kier alpha value is -1.24. The fraction of sp³-hybridized carbons (Fsp3) is 0.750. The highest BCUT2D eigenvalue weighted by atomic mass is 19.4.